The number of amides is 2. The number of nitrogens with one attached hydrogen (secondary N) is 4. The molecular formula is C29H28N6O4. The third-order valence-electron chi connectivity index (χ3n) is 6.28. The van der Waals surface area contributed by atoms with Crippen LogP contribution >= 0.6 is 0 Å². The maximum atomic E-state index is 12.7. The van der Waals surface area contributed by atoms with E-state index in [-0.39, 0.29) is 41.6 Å². The van der Waals surface area contributed by atoms with Gasteiger partial charge in [0.1, 0.15) is 11.7 Å². The van der Waals surface area contributed by atoms with Gasteiger partial charge >= 0.3 is 5.97 Å². The fourth-order valence-electron chi connectivity index (χ4n) is 4.42. The van der Waals surface area contributed by atoms with Crippen LogP contribution in [-0.2, 0) is 22.4 Å². The molecule has 0 spiro atoms. The van der Waals surface area contributed by atoms with Gasteiger partial charge in [0.05, 0.1) is 31.5 Å². The van der Waals surface area contributed by atoms with Crippen molar-refractivity contribution in [3.8, 4) is 0 Å². The van der Waals surface area contributed by atoms with Gasteiger partial charge in [0.2, 0.25) is 11.8 Å². The van der Waals surface area contributed by atoms with Crippen molar-refractivity contribution in [2.24, 2.45) is 9.98 Å². The number of amidine groups is 2. The van der Waals surface area contributed by atoms with E-state index in [1.54, 1.807) is 6.07 Å². The van der Waals surface area contributed by atoms with Crippen LogP contribution in [0.15, 0.2) is 76.7 Å². The Kier molecular flexibility index (Phi) is 7.63. The fourth-order valence-corrected chi connectivity index (χ4v) is 4.42. The topological polar surface area (TPSA) is 144 Å². The standard InChI is InChI=1S/C29H28N6O4/c36-25(13-18-1-5-20(6-2-18)27-30-9-10-31-27)34-23-15-22(29(38)39)16-24(17-23)35-26(37)14-19-3-7-21(8-4-19)28-32-11-12-33-28/h1-8,15-17H,9-14H2,(H,30,31)(H,32,33)(H,34,36)(H,35,37)(H,38,39). The van der Waals surface area contributed by atoms with Crippen LogP contribution in [0.1, 0.15) is 32.6 Å². The number of hydrogen-bond donors (Lipinski definition) is 5. The predicted octanol–water partition coefficient (Wildman–Crippen LogP) is 2.45. The molecule has 5 rings (SSSR count). The minimum absolute atomic E-state index is 0.0496. The van der Waals surface area contributed by atoms with Gasteiger partial charge in [-0.15, -0.1) is 0 Å². The molecule has 0 aliphatic carbocycles. The van der Waals surface area contributed by atoms with Crippen molar-refractivity contribution in [2.75, 3.05) is 36.8 Å². The maximum absolute atomic E-state index is 12.7. The van der Waals surface area contributed by atoms with Crippen molar-refractivity contribution in [1.29, 1.82) is 0 Å². The van der Waals surface area contributed by atoms with Crippen LogP contribution in [0.4, 0.5) is 11.4 Å². The SMILES string of the molecule is O=C(Cc1ccc(C2=NCCN2)cc1)Nc1cc(NC(=O)Cc2ccc(C3=NCCN3)cc2)cc(C(=O)O)c1. The van der Waals surface area contributed by atoms with E-state index in [0.29, 0.717) is 0 Å². The Labute approximate surface area is 225 Å². The quantitative estimate of drug-likeness (QED) is 0.291. The lowest BCUT2D eigenvalue weighted by Crippen LogP contribution is -2.20. The van der Waals surface area contributed by atoms with Gasteiger partial charge in [-0.1, -0.05) is 48.5 Å². The lowest BCUT2D eigenvalue weighted by Gasteiger charge is -2.11. The molecule has 0 radical (unpaired) electrons. The van der Waals surface area contributed by atoms with Crippen molar-refractivity contribution in [3.63, 3.8) is 0 Å². The highest BCUT2D eigenvalue weighted by Gasteiger charge is 2.14. The number of carboxylic acids is 1. The molecule has 2 aliphatic rings. The molecule has 3 aromatic carbocycles. The number of aromatic carboxylic acids is 1. The van der Waals surface area contributed by atoms with Gasteiger partial charge in [-0.05, 0) is 29.3 Å². The Balaban J connectivity index is 1.21. The number of anilines is 2. The molecule has 0 atom stereocenters. The molecule has 0 unspecified atom stereocenters. The lowest BCUT2D eigenvalue weighted by molar-refractivity contribution is -0.116. The highest BCUT2D eigenvalue weighted by molar-refractivity contribution is 6.01. The number of carbonyl (C=O) groups is 3. The van der Waals surface area contributed by atoms with Gasteiger partial charge in [-0.2, -0.15) is 0 Å². The number of benzene rings is 3. The number of rotatable bonds is 9. The molecule has 2 heterocycles. The highest BCUT2D eigenvalue weighted by atomic mass is 16.4. The number of aliphatic imine (C=N–C) groups is 2. The van der Waals surface area contributed by atoms with Crippen molar-refractivity contribution in [2.45, 2.75) is 12.8 Å². The minimum Gasteiger partial charge on any atom is -0.478 e. The summed E-state index contributed by atoms with van der Waals surface area (Å²) >= 11 is 0. The summed E-state index contributed by atoms with van der Waals surface area (Å²) in [5.74, 6) is -0.0841. The van der Waals surface area contributed by atoms with E-state index in [9.17, 15) is 19.5 Å². The molecule has 3 aromatic rings. The van der Waals surface area contributed by atoms with E-state index < -0.39 is 5.97 Å². The third kappa shape index (κ3) is 6.67. The number of carbonyl (C=O) groups excluding carboxylic acids is 2. The Bertz CT molecular complexity index is 1360. The van der Waals surface area contributed by atoms with Crippen LogP contribution in [0.3, 0.4) is 0 Å². The molecule has 0 fully saturated rings. The third-order valence-corrected chi connectivity index (χ3v) is 6.28. The summed E-state index contributed by atoms with van der Waals surface area (Å²) in [5.41, 5.74) is 4.05. The molecule has 0 saturated carbocycles. The lowest BCUT2D eigenvalue weighted by atomic mass is 10.1. The summed E-state index contributed by atoms with van der Waals surface area (Å²) in [6, 6.07) is 19.4. The molecule has 10 heteroatoms. The van der Waals surface area contributed by atoms with Crippen LogP contribution in [0.25, 0.3) is 0 Å². The van der Waals surface area contributed by atoms with Crippen molar-refractivity contribution < 1.29 is 19.5 Å². The summed E-state index contributed by atoms with van der Waals surface area (Å²) in [4.78, 5) is 45.9. The van der Waals surface area contributed by atoms with E-state index in [1.807, 2.05) is 48.5 Å². The van der Waals surface area contributed by atoms with Gasteiger partial charge in [-0.25, -0.2) is 4.79 Å². The highest BCUT2D eigenvalue weighted by Crippen LogP contribution is 2.21. The van der Waals surface area contributed by atoms with Crippen LogP contribution in [0.2, 0.25) is 0 Å². The summed E-state index contributed by atoms with van der Waals surface area (Å²) in [6.07, 6.45) is 0.216. The van der Waals surface area contributed by atoms with Crippen LogP contribution in [0, 0.1) is 0 Å². The summed E-state index contributed by atoms with van der Waals surface area (Å²) in [6.45, 7) is 3.13. The second-order valence-electron chi connectivity index (χ2n) is 9.26. The second kappa shape index (κ2) is 11.6. The summed E-state index contributed by atoms with van der Waals surface area (Å²) < 4.78 is 0. The zero-order valence-electron chi connectivity index (χ0n) is 21.2. The molecule has 0 aromatic heterocycles. The second-order valence-corrected chi connectivity index (χ2v) is 9.26. The summed E-state index contributed by atoms with van der Waals surface area (Å²) in [5, 5.41) is 21.5. The van der Waals surface area contributed by atoms with E-state index in [4.69, 9.17) is 0 Å². The van der Waals surface area contributed by atoms with Crippen molar-refractivity contribution >= 4 is 40.8 Å². The van der Waals surface area contributed by atoms with Crippen molar-refractivity contribution in [1.82, 2.24) is 10.6 Å². The smallest absolute Gasteiger partial charge is 0.335 e. The monoisotopic (exact) mass is 524 g/mol. The normalized spacial score (nSPS) is 14.1. The Morgan fingerprint density at radius 3 is 1.49 bits per heavy atom. The minimum atomic E-state index is -1.17. The molecule has 39 heavy (non-hydrogen) atoms. The zero-order chi connectivity index (χ0) is 27.2. The number of hydrogen-bond acceptors (Lipinski definition) is 7. The largest absolute Gasteiger partial charge is 0.478 e. The first-order valence-corrected chi connectivity index (χ1v) is 12.7. The average molecular weight is 525 g/mol. The van der Waals surface area contributed by atoms with E-state index in [1.165, 1.54) is 12.1 Å². The van der Waals surface area contributed by atoms with Crippen LogP contribution in [-0.4, -0.2) is 60.7 Å². The zero-order valence-corrected chi connectivity index (χ0v) is 21.2. The van der Waals surface area contributed by atoms with E-state index in [0.717, 1.165) is 60.1 Å². The van der Waals surface area contributed by atoms with Gasteiger partial charge in [0, 0.05) is 35.6 Å². The molecule has 0 saturated heterocycles. The Morgan fingerprint density at radius 1 is 0.692 bits per heavy atom. The number of nitrogens with zero attached hydrogens (tertiary/aromatic N) is 2. The molecular weight excluding hydrogens is 496 g/mol. The van der Waals surface area contributed by atoms with Gasteiger partial charge in [-0.3, -0.25) is 19.6 Å². The molecule has 198 valence electrons. The summed E-state index contributed by atoms with van der Waals surface area (Å²) in [7, 11) is 0. The predicted molar refractivity (Wildman–Crippen MR) is 150 cm³/mol. The maximum Gasteiger partial charge on any atom is 0.335 e. The average Bonchev–Trinajstić information content (AvgIpc) is 3.64. The van der Waals surface area contributed by atoms with Gasteiger partial charge in [0.15, 0.2) is 0 Å². The first-order chi connectivity index (χ1) is 18.9. The Hall–Kier alpha value is -4.99. The van der Waals surface area contributed by atoms with Gasteiger partial charge < -0.3 is 26.4 Å². The first kappa shape index (κ1) is 25.7. The Morgan fingerprint density at radius 2 is 1.13 bits per heavy atom. The number of carboxylic acid groups (broad SMARTS) is 1. The molecule has 2 amide bonds. The molecule has 0 bridgehead atoms. The van der Waals surface area contributed by atoms with E-state index >= 15 is 0 Å². The molecule has 10 nitrogen and oxygen atoms in total. The van der Waals surface area contributed by atoms with Crippen LogP contribution in [0.5, 0.6) is 0 Å². The van der Waals surface area contributed by atoms with Crippen LogP contribution < -0.4 is 21.3 Å². The van der Waals surface area contributed by atoms with E-state index in [2.05, 4.69) is 31.3 Å². The van der Waals surface area contributed by atoms with Crippen molar-refractivity contribution in [3.05, 3.63) is 94.5 Å². The first-order valence-electron chi connectivity index (χ1n) is 12.7. The van der Waals surface area contributed by atoms with Gasteiger partial charge in [0.25, 0.3) is 0 Å². The molecule has 2 aliphatic heterocycles. The fraction of sp³-hybridized carbons (Fsp3) is 0.207. The molecule has 5 N–H and O–H groups in total.